The molecule has 10 rings (SSSR count). The summed E-state index contributed by atoms with van der Waals surface area (Å²) in [6.07, 6.45) is 0. The molecular weight excluding hydrogens is 555 g/mol. The van der Waals surface area contributed by atoms with Gasteiger partial charge in [0.1, 0.15) is 11.2 Å². The molecule has 2 nitrogen and oxygen atoms in total. The first-order chi connectivity index (χ1) is 21.8. The monoisotopic (exact) mass is 577 g/mol. The van der Waals surface area contributed by atoms with Crippen LogP contribution in [0.3, 0.4) is 0 Å². The average Bonchev–Trinajstić information content (AvgIpc) is 3.67. The topological polar surface area (TPSA) is 26.0 Å². The van der Waals surface area contributed by atoms with Crippen molar-refractivity contribution < 1.29 is 4.42 Å². The Morgan fingerprint density at radius 2 is 1.16 bits per heavy atom. The summed E-state index contributed by atoms with van der Waals surface area (Å²) in [4.78, 5) is 5.40. The van der Waals surface area contributed by atoms with E-state index in [0.717, 1.165) is 60.3 Å². The molecule has 0 aliphatic carbocycles. The second-order valence-electron chi connectivity index (χ2n) is 11.4. The molecule has 0 bridgehead atoms. The van der Waals surface area contributed by atoms with Gasteiger partial charge >= 0.3 is 0 Å². The summed E-state index contributed by atoms with van der Waals surface area (Å²) >= 11 is 1.87. The second-order valence-corrected chi connectivity index (χ2v) is 12.5. The number of para-hydroxylation sites is 2. The third-order valence-electron chi connectivity index (χ3n) is 9.03. The van der Waals surface area contributed by atoms with Crippen molar-refractivity contribution in [1.82, 2.24) is 4.98 Å². The van der Waals surface area contributed by atoms with Gasteiger partial charge in [0.15, 0.2) is 0 Å². The predicted molar refractivity (Wildman–Crippen MR) is 188 cm³/mol. The molecule has 10 aromatic rings. The molecule has 7 aromatic carbocycles. The number of furan rings is 1. The summed E-state index contributed by atoms with van der Waals surface area (Å²) in [6, 6.07) is 49.8. The van der Waals surface area contributed by atoms with Gasteiger partial charge in [-0.2, -0.15) is 0 Å². The molecule has 3 heterocycles. The van der Waals surface area contributed by atoms with Crippen LogP contribution in [-0.4, -0.2) is 4.98 Å². The number of hydrogen-bond donors (Lipinski definition) is 0. The molecule has 0 N–H and O–H groups in total. The highest BCUT2D eigenvalue weighted by Gasteiger charge is 2.21. The molecule has 0 saturated carbocycles. The highest BCUT2D eigenvalue weighted by molar-refractivity contribution is 7.26. The molecule has 0 aliphatic heterocycles. The lowest BCUT2D eigenvalue weighted by Crippen LogP contribution is -1.92. The SMILES string of the molecule is c1cc(-c2cccc3c2sc2ccccc23)cc(-c2nc3ccccc3c3c2c2ccccc2c2oc4ccccc4c23)c1. The maximum atomic E-state index is 6.59. The first kappa shape index (κ1) is 24.0. The van der Waals surface area contributed by atoms with Gasteiger partial charge in [-0.3, -0.25) is 0 Å². The van der Waals surface area contributed by atoms with Gasteiger partial charge in [-0.05, 0) is 40.8 Å². The molecule has 0 aliphatic rings. The fraction of sp³-hybridized carbons (Fsp3) is 0. The third-order valence-corrected chi connectivity index (χ3v) is 10.3. The molecule has 44 heavy (non-hydrogen) atoms. The van der Waals surface area contributed by atoms with Gasteiger partial charge in [0, 0.05) is 58.1 Å². The molecule has 3 heteroatoms. The summed E-state index contributed by atoms with van der Waals surface area (Å²) in [5, 5.41) is 10.7. The van der Waals surface area contributed by atoms with Crippen molar-refractivity contribution in [3.8, 4) is 22.4 Å². The van der Waals surface area contributed by atoms with Crippen molar-refractivity contribution in [2.24, 2.45) is 0 Å². The molecule has 204 valence electrons. The lowest BCUT2D eigenvalue weighted by Gasteiger charge is -2.15. The molecular formula is C41H23NOS. The van der Waals surface area contributed by atoms with Crippen molar-refractivity contribution in [2.45, 2.75) is 0 Å². The minimum atomic E-state index is 0.904. The number of nitrogens with zero attached hydrogens (tertiary/aromatic N) is 1. The molecule has 0 saturated heterocycles. The van der Waals surface area contributed by atoms with E-state index in [2.05, 4.69) is 133 Å². The van der Waals surface area contributed by atoms with Crippen molar-refractivity contribution >= 4 is 85.9 Å². The first-order valence-electron chi connectivity index (χ1n) is 14.9. The van der Waals surface area contributed by atoms with Gasteiger partial charge in [0.05, 0.1) is 11.2 Å². The lowest BCUT2D eigenvalue weighted by molar-refractivity contribution is 0.673. The summed E-state index contributed by atoms with van der Waals surface area (Å²) in [7, 11) is 0. The van der Waals surface area contributed by atoms with Gasteiger partial charge in [-0.25, -0.2) is 4.98 Å². The summed E-state index contributed by atoms with van der Waals surface area (Å²) in [5.41, 5.74) is 7.36. The number of aromatic nitrogens is 1. The van der Waals surface area contributed by atoms with E-state index >= 15 is 0 Å². The maximum Gasteiger partial charge on any atom is 0.143 e. The molecule has 0 fully saturated rings. The minimum absolute atomic E-state index is 0.904. The number of benzene rings is 7. The van der Waals surface area contributed by atoms with Crippen LogP contribution in [0.15, 0.2) is 144 Å². The zero-order chi connectivity index (χ0) is 28.8. The van der Waals surface area contributed by atoms with E-state index in [1.807, 2.05) is 17.4 Å². The molecule has 0 atom stereocenters. The lowest BCUT2D eigenvalue weighted by atomic mass is 9.91. The second kappa shape index (κ2) is 9.00. The largest absolute Gasteiger partial charge is 0.455 e. The highest BCUT2D eigenvalue weighted by atomic mass is 32.1. The standard InChI is InChI=1S/C41H23NOS/c1-2-15-29-28(14-1)37-36(38-32-17-4-7-21-34(32)43-40(29)38)31-16-3-6-20-33(31)42-39(37)25-12-9-11-24(23-25)26-18-10-19-30-27-13-5-8-22-35(27)44-41(26)30/h1-23H. The fourth-order valence-corrected chi connectivity index (χ4v) is 8.37. The van der Waals surface area contributed by atoms with Crippen LogP contribution in [-0.2, 0) is 0 Å². The predicted octanol–water partition coefficient (Wildman–Crippen LogP) is 12.1. The zero-order valence-corrected chi connectivity index (χ0v) is 24.4. The highest BCUT2D eigenvalue weighted by Crippen LogP contribution is 2.47. The van der Waals surface area contributed by atoms with Crippen LogP contribution < -0.4 is 0 Å². The van der Waals surface area contributed by atoms with Crippen LogP contribution >= 0.6 is 11.3 Å². The van der Waals surface area contributed by atoms with Gasteiger partial charge in [-0.1, -0.05) is 115 Å². The summed E-state index contributed by atoms with van der Waals surface area (Å²) in [5.74, 6) is 0. The van der Waals surface area contributed by atoms with Crippen molar-refractivity contribution in [2.75, 3.05) is 0 Å². The molecule has 0 unspecified atom stereocenters. The van der Waals surface area contributed by atoms with E-state index in [-0.39, 0.29) is 0 Å². The van der Waals surface area contributed by atoms with Crippen LogP contribution in [0.2, 0.25) is 0 Å². The average molecular weight is 578 g/mol. The van der Waals surface area contributed by atoms with Crippen molar-refractivity contribution in [1.29, 1.82) is 0 Å². The molecule has 3 aromatic heterocycles. The normalized spacial score (nSPS) is 12.1. The number of thiophene rings is 1. The summed E-state index contributed by atoms with van der Waals surface area (Å²) < 4.78 is 9.23. The smallest absolute Gasteiger partial charge is 0.143 e. The van der Waals surface area contributed by atoms with Gasteiger partial charge in [-0.15, -0.1) is 11.3 Å². The molecule has 0 radical (unpaired) electrons. The van der Waals surface area contributed by atoms with Crippen LogP contribution in [0.1, 0.15) is 0 Å². The Morgan fingerprint density at radius 1 is 0.477 bits per heavy atom. The first-order valence-corrected chi connectivity index (χ1v) is 15.7. The van der Waals surface area contributed by atoms with Gasteiger partial charge in [0.25, 0.3) is 0 Å². The zero-order valence-electron chi connectivity index (χ0n) is 23.5. The van der Waals surface area contributed by atoms with Crippen molar-refractivity contribution in [3.63, 3.8) is 0 Å². The van der Waals surface area contributed by atoms with Crippen LogP contribution in [0.4, 0.5) is 0 Å². The number of pyridine rings is 1. The third kappa shape index (κ3) is 3.27. The van der Waals surface area contributed by atoms with E-state index < -0.39 is 0 Å². The summed E-state index contributed by atoms with van der Waals surface area (Å²) in [6.45, 7) is 0. The Morgan fingerprint density at radius 3 is 2.07 bits per heavy atom. The Balaban J connectivity index is 1.35. The minimum Gasteiger partial charge on any atom is -0.455 e. The Hall–Kier alpha value is -5.51. The van der Waals surface area contributed by atoms with Gasteiger partial charge in [0.2, 0.25) is 0 Å². The van der Waals surface area contributed by atoms with Crippen LogP contribution in [0.5, 0.6) is 0 Å². The van der Waals surface area contributed by atoms with Crippen LogP contribution in [0, 0.1) is 0 Å². The maximum absolute atomic E-state index is 6.59. The fourth-order valence-electron chi connectivity index (χ4n) is 7.13. The Kier molecular flexibility index (Phi) is 4.90. The van der Waals surface area contributed by atoms with E-state index in [4.69, 9.17) is 9.40 Å². The number of fused-ring (bicyclic) bond motifs is 13. The molecule has 0 amide bonds. The number of rotatable bonds is 2. The molecule has 0 spiro atoms. The van der Waals surface area contributed by atoms with E-state index in [1.54, 1.807) is 0 Å². The Labute approximate surface area is 256 Å². The van der Waals surface area contributed by atoms with Crippen LogP contribution in [0.25, 0.3) is 96.9 Å². The van der Waals surface area contributed by atoms with E-state index in [0.29, 0.717) is 0 Å². The van der Waals surface area contributed by atoms with Crippen molar-refractivity contribution in [3.05, 3.63) is 140 Å². The Bertz CT molecular complexity index is 2780. The van der Waals surface area contributed by atoms with E-state index in [1.165, 1.54) is 36.7 Å². The number of hydrogen-bond acceptors (Lipinski definition) is 3. The van der Waals surface area contributed by atoms with E-state index in [9.17, 15) is 0 Å². The quantitative estimate of drug-likeness (QED) is 0.191. The van der Waals surface area contributed by atoms with Gasteiger partial charge < -0.3 is 4.42 Å².